The van der Waals surface area contributed by atoms with Crippen LogP contribution in [-0.2, 0) is 13.0 Å². The highest BCUT2D eigenvalue weighted by molar-refractivity contribution is 6.08. The van der Waals surface area contributed by atoms with Gasteiger partial charge in [0.05, 0.1) is 6.26 Å². The average molecular weight is 229 g/mol. The molecule has 0 aromatic carbocycles. The van der Waals surface area contributed by atoms with Gasteiger partial charge in [0.15, 0.2) is 5.76 Å². The quantitative estimate of drug-likeness (QED) is 0.742. The van der Waals surface area contributed by atoms with E-state index in [-0.39, 0.29) is 5.78 Å². The van der Waals surface area contributed by atoms with Gasteiger partial charge in [0.2, 0.25) is 5.78 Å². The van der Waals surface area contributed by atoms with Crippen LogP contribution < -0.4 is 0 Å². The lowest BCUT2D eigenvalue weighted by molar-refractivity contribution is 0.101. The predicted molar refractivity (Wildman–Crippen MR) is 64.2 cm³/mol. The van der Waals surface area contributed by atoms with E-state index in [1.807, 2.05) is 6.07 Å². The van der Waals surface area contributed by atoms with E-state index in [0.29, 0.717) is 5.76 Å². The number of carbonyl (C=O) groups excluding carboxylic acids is 1. The highest BCUT2D eigenvalue weighted by Gasteiger charge is 2.22. The molecule has 1 aliphatic heterocycles. The lowest BCUT2D eigenvalue weighted by Crippen LogP contribution is -2.13. The third-order valence-corrected chi connectivity index (χ3v) is 3.45. The van der Waals surface area contributed by atoms with Crippen LogP contribution >= 0.6 is 0 Å². The lowest BCUT2D eigenvalue weighted by atomic mass is 10.0. The normalized spacial score (nSPS) is 14.6. The van der Waals surface area contributed by atoms with Crippen molar-refractivity contribution in [1.29, 1.82) is 0 Å². The minimum Gasteiger partial charge on any atom is -0.461 e. The standard InChI is InChI=1S/C14H15NO2/c1-10-9-11(12-5-2-3-7-15(10)12)14(16)13-6-4-8-17-13/h4,6,8-9H,2-3,5,7H2,1H3. The summed E-state index contributed by atoms with van der Waals surface area (Å²) >= 11 is 0. The number of hydrogen-bond acceptors (Lipinski definition) is 2. The number of carbonyl (C=O) groups is 1. The molecule has 88 valence electrons. The molecule has 0 radical (unpaired) electrons. The Kier molecular flexibility index (Phi) is 2.39. The first-order chi connectivity index (χ1) is 8.27. The zero-order chi connectivity index (χ0) is 11.8. The van der Waals surface area contributed by atoms with Gasteiger partial charge < -0.3 is 8.98 Å². The summed E-state index contributed by atoms with van der Waals surface area (Å²) in [4.78, 5) is 12.3. The molecule has 0 saturated carbocycles. The molecule has 0 atom stereocenters. The maximum Gasteiger partial charge on any atom is 0.229 e. The molecule has 3 heterocycles. The van der Waals surface area contributed by atoms with Gasteiger partial charge in [-0.25, -0.2) is 0 Å². The van der Waals surface area contributed by atoms with Crippen molar-refractivity contribution >= 4 is 5.78 Å². The molecule has 0 bridgehead atoms. The summed E-state index contributed by atoms with van der Waals surface area (Å²) in [7, 11) is 0. The van der Waals surface area contributed by atoms with E-state index in [1.54, 1.807) is 18.4 Å². The number of hydrogen-bond donors (Lipinski definition) is 0. The summed E-state index contributed by atoms with van der Waals surface area (Å²) in [6.45, 7) is 3.10. The molecular formula is C14H15NO2. The summed E-state index contributed by atoms with van der Waals surface area (Å²) in [5.41, 5.74) is 3.17. The number of rotatable bonds is 2. The van der Waals surface area contributed by atoms with Gasteiger partial charge in [-0.3, -0.25) is 4.79 Å². The molecule has 2 aromatic rings. The largest absolute Gasteiger partial charge is 0.461 e. The van der Waals surface area contributed by atoms with Crippen LogP contribution in [0.3, 0.4) is 0 Å². The Labute approximate surface area is 100 Å². The van der Waals surface area contributed by atoms with Crippen LogP contribution in [-0.4, -0.2) is 10.4 Å². The average Bonchev–Trinajstić information content (AvgIpc) is 2.97. The third-order valence-electron chi connectivity index (χ3n) is 3.45. The van der Waals surface area contributed by atoms with E-state index >= 15 is 0 Å². The second-order valence-electron chi connectivity index (χ2n) is 4.56. The Bertz CT molecular complexity index is 549. The van der Waals surface area contributed by atoms with Crippen molar-refractivity contribution in [2.45, 2.75) is 32.7 Å². The lowest BCUT2D eigenvalue weighted by Gasteiger charge is -2.17. The van der Waals surface area contributed by atoms with Crippen LogP contribution in [0.25, 0.3) is 0 Å². The van der Waals surface area contributed by atoms with Crippen molar-refractivity contribution < 1.29 is 9.21 Å². The van der Waals surface area contributed by atoms with Gasteiger partial charge in [-0.05, 0) is 44.4 Å². The van der Waals surface area contributed by atoms with Gasteiger partial charge in [0.1, 0.15) is 0 Å². The monoisotopic (exact) mass is 229 g/mol. The SMILES string of the molecule is Cc1cc(C(=O)c2ccco2)c2n1CCCC2. The molecule has 3 heteroatoms. The Morgan fingerprint density at radius 2 is 2.29 bits per heavy atom. The van der Waals surface area contributed by atoms with Crippen molar-refractivity contribution in [1.82, 2.24) is 4.57 Å². The summed E-state index contributed by atoms with van der Waals surface area (Å²) in [5, 5.41) is 0. The van der Waals surface area contributed by atoms with E-state index in [2.05, 4.69) is 11.5 Å². The third kappa shape index (κ3) is 1.62. The smallest absolute Gasteiger partial charge is 0.229 e. The maximum absolute atomic E-state index is 12.3. The van der Waals surface area contributed by atoms with E-state index in [1.165, 1.54) is 24.2 Å². The van der Waals surface area contributed by atoms with E-state index < -0.39 is 0 Å². The maximum atomic E-state index is 12.3. The highest BCUT2D eigenvalue weighted by atomic mass is 16.3. The minimum absolute atomic E-state index is 0.00810. The Hall–Kier alpha value is -1.77. The van der Waals surface area contributed by atoms with Crippen LogP contribution in [0.5, 0.6) is 0 Å². The van der Waals surface area contributed by atoms with Gasteiger partial charge in [-0.1, -0.05) is 0 Å². The number of aryl methyl sites for hydroxylation is 1. The molecule has 0 N–H and O–H groups in total. The zero-order valence-electron chi connectivity index (χ0n) is 9.90. The fourth-order valence-electron chi connectivity index (χ4n) is 2.61. The van der Waals surface area contributed by atoms with Crippen LogP contribution in [0, 0.1) is 6.92 Å². The molecule has 0 saturated heterocycles. The Morgan fingerprint density at radius 3 is 3.06 bits per heavy atom. The summed E-state index contributed by atoms with van der Waals surface area (Å²) in [6, 6.07) is 5.47. The molecule has 0 unspecified atom stereocenters. The summed E-state index contributed by atoms with van der Waals surface area (Å²) < 4.78 is 7.45. The van der Waals surface area contributed by atoms with Gasteiger partial charge in [-0.2, -0.15) is 0 Å². The van der Waals surface area contributed by atoms with E-state index in [0.717, 1.165) is 18.5 Å². The number of nitrogens with zero attached hydrogens (tertiary/aromatic N) is 1. The van der Waals surface area contributed by atoms with Gasteiger partial charge in [0.25, 0.3) is 0 Å². The van der Waals surface area contributed by atoms with Gasteiger partial charge in [-0.15, -0.1) is 0 Å². The van der Waals surface area contributed by atoms with Crippen LogP contribution in [0.15, 0.2) is 28.9 Å². The molecule has 3 rings (SSSR count). The van der Waals surface area contributed by atoms with Crippen molar-refractivity contribution in [3.63, 3.8) is 0 Å². The summed E-state index contributed by atoms with van der Waals surface area (Å²) in [6.07, 6.45) is 4.91. The Morgan fingerprint density at radius 1 is 1.41 bits per heavy atom. The minimum atomic E-state index is 0.00810. The molecule has 17 heavy (non-hydrogen) atoms. The van der Waals surface area contributed by atoms with E-state index in [9.17, 15) is 4.79 Å². The molecule has 0 amide bonds. The second kappa shape index (κ2) is 3.91. The fourth-order valence-corrected chi connectivity index (χ4v) is 2.61. The van der Waals surface area contributed by atoms with Crippen LogP contribution in [0.1, 0.15) is 40.3 Å². The molecule has 0 fully saturated rings. The van der Waals surface area contributed by atoms with Crippen molar-refractivity contribution in [3.05, 3.63) is 47.2 Å². The first kappa shape index (κ1) is 10.4. The van der Waals surface area contributed by atoms with Crippen LogP contribution in [0.2, 0.25) is 0 Å². The van der Waals surface area contributed by atoms with Crippen molar-refractivity contribution in [3.8, 4) is 0 Å². The highest BCUT2D eigenvalue weighted by Crippen LogP contribution is 2.25. The van der Waals surface area contributed by atoms with Crippen molar-refractivity contribution in [2.24, 2.45) is 0 Å². The first-order valence-electron chi connectivity index (χ1n) is 6.04. The first-order valence-corrected chi connectivity index (χ1v) is 6.04. The molecule has 2 aromatic heterocycles. The number of fused-ring (bicyclic) bond motifs is 1. The molecular weight excluding hydrogens is 214 g/mol. The van der Waals surface area contributed by atoms with Crippen molar-refractivity contribution in [2.75, 3.05) is 0 Å². The van der Waals surface area contributed by atoms with Crippen LogP contribution in [0.4, 0.5) is 0 Å². The summed E-state index contributed by atoms with van der Waals surface area (Å²) in [5.74, 6) is 0.442. The molecule has 0 aliphatic carbocycles. The van der Waals surface area contributed by atoms with Gasteiger partial charge >= 0.3 is 0 Å². The zero-order valence-corrected chi connectivity index (χ0v) is 9.90. The number of aromatic nitrogens is 1. The Balaban J connectivity index is 2.06. The topological polar surface area (TPSA) is 35.1 Å². The van der Waals surface area contributed by atoms with E-state index in [4.69, 9.17) is 4.42 Å². The number of ketones is 1. The second-order valence-corrected chi connectivity index (χ2v) is 4.56. The molecule has 1 aliphatic rings. The fraction of sp³-hybridized carbons (Fsp3) is 0.357. The predicted octanol–water partition coefficient (Wildman–Crippen LogP) is 2.96. The molecule has 0 spiro atoms. The van der Waals surface area contributed by atoms with Gasteiger partial charge in [0, 0.05) is 23.5 Å². The molecule has 3 nitrogen and oxygen atoms in total. The number of furan rings is 1.